The van der Waals surface area contributed by atoms with E-state index in [1.54, 1.807) is 0 Å². The summed E-state index contributed by atoms with van der Waals surface area (Å²) in [5, 5.41) is 2.67. The fourth-order valence-corrected chi connectivity index (χ4v) is 6.51. The van der Waals surface area contributed by atoms with Gasteiger partial charge in [0, 0.05) is 24.5 Å². The first-order valence-electron chi connectivity index (χ1n) is 5.66. The molecule has 19 heavy (non-hydrogen) atoms. The third-order valence-electron chi connectivity index (χ3n) is 2.93. The van der Waals surface area contributed by atoms with E-state index in [2.05, 4.69) is 55.9 Å². The van der Waals surface area contributed by atoms with Gasteiger partial charge in [0.1, 0.15) is 0 Å². The lowest BCUT2D eigenvalue weighted by Crippen LogP contribution is -1.91. The summed E-state index contributed by atoms with van der Waals surface area (Å²) < 4.78 is 0. The van der Waals surface area contributed by atoms with E-state index in [1.807, 2.05) is 47.0 Å². The van der Waals surface area contributed by atoms with Gasteiger partial charge in [-0.2, -0.15) is 0 Å². The van der Waals surface area contributed by atoms with Gasteiger partial charge in [-0.3, -0.25) is 0 Å². The first kappa shape index (κ1) is 15.8. The normalized spacial score (nSPS) is 11.2. The Morgan fingerprint density at radius 1 is 0.684 bits per heavy atom. The molecule has 0 aliphatic carbocycles. The molecular formula is C14H16S5. The van der Waals surface area contributed by atoms with Crippen molar-refractivity contribution in [1.29, 1.82) is 0 Å². The summed E-state index contributed by atoms with van der Waals surface area (Å²) in [4.78, 5) is 6.59. The number of benzene rings is 2. The molecule has 2 aromatic rings. The van der Waals surface area contributed by atoms with Gasteiger partial charge in [0.2, 0.25) is 0 Å². The lowest BCUT2D eigenvalue weighted by molar-refractivity contribution is 1.08. The number of rotatable bonds is 4. The summed E-state index contributed by atoms with van der Waals surface area (Å²) in [5.41, 5.74) is 0. The number of fused-ring (bicyclic) bond motifs is 1. The Labute approximate surface area is 137 Å². The SMILES string of the molecule is CSc1c(SC)c(SC)c2cc(S)ccc2c1SC. The van der Waals surface area contributed by atoms with Gasteiger partial charge in [-0.05, 0) is 47.9 Å². The summed E-state index contributed by atoms with van der Waals surface area (Å²) in [7, 11) is 0. The molecule has 0 aliphatic heterocycles. The molecule has 0 spiro atoms. The maximum atomic E-state index is 4.49. The molecular weight excluding hydrogens is 328 g/mol. The van der Waals surface area contributed by atoms with Gasteiger partial charge in [0.25, 0.3) is 0 Å². The van der Waals surface area contributed by atoms with Gasteiger partial charge in [-0.25, -0.2) is 0 Å². The number of hydrogen-bond acceptors (Lipinski definition) is 5. The molecule has 0 fully saturated rings. The number of thioether (sulfide) groups is 4. The molecule has 0 atom stereocenters. The Morgan fingerprint density at radius 3 is 1.63 bits per heavy atom. The second-order valence-electron chi connectivity index (χ2n) is 3.86. The van der Waals surface area contributed by atoms with E-state index in [0.29, 0.717) is 0 Å². The van der Waals surface area contributed by atoms with Crippen LogP contribution in [0.2, 0.25) is 0 Å². The van der Waals surface area contributed by atoms with E-state index in [0.717, 1.165) is 4.90 Å². The van der Waals surface area contributed by atoms with Crippen LogP contribution >= 0.6 is 59.7 Å². The summed E-state index contributed by atoms with van der Waals surface area (Å²) in [6.07, 6.45) is 8.64. The van der Waals surface area contributed by atoms with Crippen LogP contribution in [0.5, 0.6) is 0 Å². The van der Waals surface area contributed by atoms with E-state index in [4.69, 9.17) is 0 Å². The molecule has 2 rings (SSSR count). The van der Waals surface area contributed by atoms with E-state index in [1.165, 1.54) is 30.4 Å². The molecule has 0 amide bonds. The van der Waals surface area contributed by atoms with Crippen LogP contribution < -0.4 is 0 Å². The minimum Gasteiger partial charge on any atom is -0.143 e. The molecule has 0 unspecified atom stereocenters. The highest BCUT2D eigenvalue weighted by Gasteiger charge is 2.17. The minimum absolute atomic E-state index is 1.03. The Balaban J connectivity index is 2.97. The summed E-state index contributed by atoms with van der Waals surface area (Å²) in [6, 6.07) is 6.47. The van der Waals surface area contributed by atoms with Crippen molar-refractivity contribution in [2.24, 2.45) is 0 Å². The number of thiol groups is 1. The van der Waals surface area contributed by atoms with E-state index in [-0.39, 0.29) is 0 Å². The second-order valence-corrected chi connectivity index (χ2v) is 7.65. The van der Waals surface area contributed by atoms with Crippen molar-refractivity contribution >= 4 is 70.4 Å². The van der Waals surface area contributed by atoms with Gasteiger partial charge in [-0.1, -0.05) is 6.07 Å². The van der Waals surface area contributed by atoms with Crippen molar-refractivity contribution in [2.75, 3.05) is 25.0 Å². The Kier molecular flexibility index (Phi) is 5.78. The summed E-state index contributed by atoms with van der Waals surface area (Å²) in [6.45, 7) is 0. The molecule has 102 valence electrons. The van der Waals surface area contributed by atoms with Crippen molar-refractivity contribution in [3.8, 4) is 0 Å². The molecule has 0 aromatic heterocycles. The maximum absolute atomic E-state index is 4.49. The topological polar surface area (TPSA) is 0 Å². The van der Waals surface area contributed by atoms with Gasteiger partial charge >= 0.3 is 0 Å². The molecule has 0 bridgehead atoms. The zero-order chi connectivity index (χ0) is 14.0. The predicted octanol–water partition coefficient (Wildman–Crippen LogP) is 6.02. The predicted molar refractivity (Wildman–Crippen MR) is 98.3 cm³/mol. The van der Waals surface area contributed by atoms with Crippen LogP contribution in [0, 0.1) is 0 Å². The van der Waals surface area contributed by atoms with E-state index >= 15 is 0 Å². The Morgan fingerprint density at radius 2 is 1.16 bits per heavy atom. The van der Waals surface area contributed by atoms with Gasteiger partial charge in [0.15, 0.2) is 0 Å². The quantitative estimate of drug-likeness (QED) is 0.532. The molecule has 0 N–H and O–H groups in total. The average Bonchev–Trinajstić information content (AvgIpc) is 2.44. The maximum Gasteiger partial charge on any atom is 0.0359 e. The largest absolute Gasteiger partial charge is 0.143 e. The average molecular weight is 345 g/mol. The molecule has 0 saturated carbocycles. The fourth-order valence-electron chi connectivity index (χ4n) is 2.15. The first-order valence-corrected chi connectivity index (χ1v) is 11.0. The smallest absolute Gasteiger partial charge is 0.0359 e. The minimum atomic E-state index is 1.03. The van der Waals surface area contributed by atoms with Crippen LogP contribution in [0.25, 0.3) is 10.8 Å². The van der Waals surface area contributed by atoms with Crippen LogP contribution in [-0.4, -0.2) is 25.0 Å². The van der Waals surface area contributed by atoms with Crippen molar-refractivity contribution in [3.63, 3.8) is 0 Å². The summed E-state index contributed by atoms with van der Waals surface area (Å²) >= 11 is 11.8. The number of hydrogen-bond donors (Lipinski definition) is 1. The molecule has 5 heteroatoms. The zero-order valence-electron chi connectivity index (χ0n) is 11.3. The Bertz CT molecular complexity index is 607. The van der Waals surface area contributed by atoms with E-state index < -0.39 is 0 Å². The summed E-state index contributed by atoms with van der Waals surface area (Å²) in [5.74, 6) is 0. The van der Waals surface area contributed by atoms with Gasteiger partial charge < -0.3 is 0 Å². The van der Waals surface area contributed by atoms with Crippen LogP contribution in [0.1, 0.15) is 0 Å². The van der Waals surface area contributed by atoms with Crippen molar-refractivity contribution in [1.82, 2.24) is 0 Å². The van der Waals surface area contributed by atoms with Crippen LogP contribution in [0.3, 0.4) is 0 Å². The van der Waals surface area contributed by atoms with Crippen LogP contribution in [-0.2, 0) is 0 Å². The molecule has 2 aromatic carbocycles. The highest BCUT2D eigenvalue weighted by Crippen LogP contribution is 2.47. The zero-order valence-corrected chi connectivity index (χ0v) is 15.5. The van der Waals surface area contributed by atoms with Crippen LogP contribution in [0.15, 0.2) is 42.7 Å². The highest BCUT2D eigenvalue weighted by atomic mass is 32.2. The standard InChI is InChI=1S/C14H16S5/c1-16-11-9-6-5-8(15)7-10(9)12(17-2)14(19-4)13(11)18-3/h5-7,15H,1-4H3. The Hall–Kier alpha value is 0.450. The first-order chi connectivity index (χ1) is 9.17. The second kappa shape index (κ2) is 6.94. The van der Waals surface area contributed by atoms with Crippen LogP contribution in [0.4, 0.5) is 0 Å². The van der Waals surface area contributed by atoms with Gasteiger partial charge in [-0.15, -0.1) is 59.7 Å². The fraction of sp³-hybridized carbons (Fsp3) is 0.286. The molecule has 0 saturated heterocycles. The van der Waals surface area contributed by atoms with E-state index in [9.17, 15) is 0 Å². The highest BCUT2D eigenvalue weighted by molar-refractivity contribution is 8.04. The third kappa shape index (κ3) is 2.91. The molecule has 0 radical (unpaired) electrons. The monoisotopic (exact) mass is 344 g/mol. The third-order valence-corrected chi connectivity index (χ3v) is 6.89. The van der Waals surface area contributed by atoms with Crippen molar-refractivity contribution in [2.45, 2.75) is 24.5 Å². The van der Waals surface area contributed by atoms with Crippen molar-refractivity contribution < 1.29 is 0 Å². The lowest BCUT2D eigenvalue weighted by Gasteiger charge is -2.18. The lowest BCUT2D eigenvalue weighted by atomic mass is 10.1. The van der Waals surface area contributed by atoms with Crippen molar-refractivity contribution in [3.05, 3.63) is 18.2 Å². The molecule has 0 heterocycles. The molecule has 0 aliphatic rings. The molecule has 0 nitrogen and oxygen atoms in total. The van der Waals surface area contributed by atoms with Gasteiger partial charge in [0.05, 0.1) is 0 Å².